The van der Waals surface area contributed by atoms with E-state index in [2.05, 4.69) is 0 Å². The molecule has 1 aliphatic heterocycles. The number of fused-ring (bicyclic) bond motifs is 1. The molecular formula is C19H19NO3S. The molecule has 0 bridgehead atoms. The van der Waals surface area contributed by atoms with Crippen molar-refractivity contribution < 1.29 is 14.3 Å². The Morgan fingerprint density at radius 2 is 2.08 bits per heavy atom. The van der Waals surface area contributed by atoms with Crippen molar-refractivity contribution in [1.29, 1.82) is 0 Å². The summed E-state index contributed by atoms with van der Waals surface area (Å²) in [6, 6.07) is 11.7. The van der Waals surface area contributed by atoms with E-state index in [0.717, 1.165) is 23.3 Å². The van der Waals surface area contributed by atoms with Crippen molar-refractivity contribution in [1.82, 2.24) is 4.90 Å². The summed E-state index contributed by atoms with van der Waals surface area (Å²) in [6.45, 7) is 2.34. The van der Waals surface area contributed by atoms with Crippen LogP contribution in [0.2, 0.25) is 0 Å². The van der Waals surface area contributed by atoms with Gasteiger partial charge in [0, 0.05) is 17.3 Å². The Labute approximate surface area is 145 Å². The first-order valence-electron chi connectivity index (χ1n) is 8.21. The summed E-state index contributed by atoms with van der Waals surface area (Å²) in [7, 11) is 0. The van der Waals surface area contributed by atoms with E-state index < -0.39 is 11.6 Å². The van der Waals surface area contributed by atoms with Crippen molar-refractivity contribution in [3.8, 4) is 0 Å². The number of amides is 1. The molecule has 1 aromatic carbocycles. The first-order valence-corrected chi connectivity index (χ1v) is 9.09. The van der Waals surface area contributed by atoms with Crippen LogP contribution in [0.25, 0.3) is 0 Å². The van der Waals surface area contributed by atoms with Gasteiger partial charge in [-0.05, 0) is 42.8 Å². The van der Waals surface area contributed by atoms with Gasteiger partial charge in [-0.15, -0.1) is 11.3 Å². The molecule has 1 amide bonds. The van der Waals surface area contributed by atoms with E-state index in [-0.39, 0.29) is 11.9 Å². The van der Waals surface area contributed by atoms with Crippen molar-refractivity contribution in [2.24, 2.45) is 0 Å². The lowest BCUT2D eigenvalue weighted by Crippen LogP contribution is -2.53. The molecule has 4 nitrogen and oxygen atoms in total. The van der Waals surface area contributed by atoms with E-state index in [1.807, 2.05) is 40.6 Å². The number of esters is 1. The number of nitrogens with zero attached hydrogens (tertiary/aromatic N) is 1. The molecule has 4 rings (SSSR count). The van der Waals surface area contributed by atoms with Crippen LogP contribution in [0.3, 0.4) is 0 Å². The number of hydrogen-bond acceptors (Lipinski definition) is 4. The Hall–Kier alpha value is -2.14. The zero-order valence-electron chi connectivity index (χ0n) is 13.5. The summed E-state index contributed by atoms with van der Waals surface area (Å²) in [5, 5.41) is 2.02. The second-order valence-electron chi connectivity index (χ2n) is 6.70. The molecule has 5 heteroatoms. The number of carbonyl (C=O) groups is 2. The van der Waals surface area contributed by atoms with Gasteiger partial charge in [-0.1, -0.05) is 24.3 Å². The molecule has 2 heterocycles. The van der Waals surface area contributed by atoms with Gasteiger partial charge >= 0.3 is 5.97 Å². The zero-order chi connectivity index (χ0) is 16.7. The fraction of sp³-hybridized carbons (Fsp3) is 0.368. The summed E-state index contributed by atoms with van der Waals surface area (Å²) in [5.74, 6) is -0.485. The summed E-state index contributed by atoms with van der Waals surface area (Å²) >= 11 is 1.65. The van der Waals surface area contributed by atoms with Gasteiger partial charge in [0.05, 0.1) is 12.1 Å². The molecule has 0 radical (unpaired) electrons. The minimum atomic E-state index is -1.12. The summed E-state index contributed by atoms with van der Waals surface area (Å²) in [5.41, 5.74) is 0.334. The highest BCUT2D eigenvalue weighted by molar-refractivity contribution is 7.09. The lowest BCUT2D eigenvalue weighted by molar-refractivity contribution is -0.152. The second-order valence-corrected chi connectivity index (χ2v) is 7.73. The summed E-state index contributed by atoms with van der Waals surface area (Å²) < 4.78 is 5.61. The average molecular weight is 341 g/mol. The molecule has 0 spiro atoms. The molecule has 1 fully saturated rings. The van der Waals surface area contributed by atoms with Crippen LogP contribution in [-0.2, 0) is 22.5 Å². The van der Waals surface area contributed by atoms with Gasteiger partial charge in [-0.3, -0.25) is 4.79 Å². The summed E-state index contributed by atoms with van der Waals surface area (Å²) in [6.07, 6.45) is 2.48. The van der Waals surface area contributed by atoms with E-state index in [9.17, 15) is 9.59 Å². The first kappa shape index (κ1) is 15.4. The number of ether oxygens (including phenoxy) is 1. The SMILES string of the molecule is CC1(C(=O)N(Cc2cccs2)C2CC2)Cc2ccccc2C(=O)O1. The topological polar surface area (TPSA) is 46.6 Å². The van der Waals surface area contributed by atoms with Crippen LogP contribution in [0.5, 0.6) is 0 Å². The van der Waals surface area contributed by atoms with Crippen molar-refractivity contribution in [2.75, 3.05) is 0 Å². The molecule has 24 heavy (non-hydrogen) atoms. The lowest BCUT2D eigenvalue weighted by Gasteiger charge is -2.37. The van der Waals surface area contributed by atoms with Gasteiger partial charge in [0.15, 0.2) is 5.60 Å². The third kappa shape index (κ3) is 2.73. The Morgan fingerprint density at radius 1 is 1.29 bits per heavy atom. The zero-order valence-corrected chi connectivity index (χ0v) is 14.3. The average Bonchev–Trinajstić information content (AvgIpc) is 3.28. The Bertz CT molecular complexity index is 782. The molecule has 2 aromatic rings. The van der Waals surface area contributed by atoms with Gasteiger partial charge in [-0.2, -0.15) is 0 Å². The minimum absolute atomic E-state index is 0.0822. The number of hydrogen-bond donors (Lipinski definition) is 0. The maximum atomic E-state index is 13.2. The van der Waals surface area contributed by atoms with Gasteiger partial charge in [0.25, 0.3) is 5.91 Å². The smallest absolute Gasteiger partial charge is 0.339 e. The molecule has 1 saturated carbocycles. The monoisotopic (exact) mass is 341 g/mol. The number of rotatable bonds is 4. The van der Waals surface area contributed by atoms with E-state index in [0.29, 0.717) is 18.5 Å². The normalized spacial score (nSPS) is 22.6. The second kappa shape index (κ2) is 5.74. The Balaban J connectivity index is 1.61. The molecule has 124 valence electrons. The number of carbonyl (C=O) groups excluding carboxylic acids is 2. The fourth-order valence-corrected chi connectivity index (χ4v) is 3.98. The molecular weight excluding hydrogens is 322 g/mol. The van der Waals surface area contributed by atoms with Crippen molar-refractivity contribution in [2.45, 2.75) is 44.4 Å². The van der Waals surface area contributed by atoms with Crippen LogP contribution in [0.4, 0.5) is 0 Å². The molecule has 1 aromatic heterocycles. The highest BCUT2D eigenvalue weighted by Crippen LogP contribution is 2.35. The van der Waals surface area contributed by atoms with E-state index in [1.54, 1.807) is 24.3 Å². The van der Waals surface area contributed by atoms with Crippen LogP contribution in [0, 0.1) is 0 Å². The molecule has 1 unspecified atom stereocenters. The third-order valence-corrected chi connectivity index (χ3v) is 5.55. The van der Waals surface area contributed by atoms with Crippen LogP contribution >= 0.6 is 11.3 Å². The van der Waals surface area contributed by atoms with Crippen LogP contribution in [-0.4, -0.2) is 28.4 Å². The fourth-order valence-electron chi connectivity index (χ4n) is 3.28. The van der Waals surface area contributed by atoms with Crippen molar-refractivity contribution >= 4 is 23.2 Å². The molecule has 0 saturated heterocycles. The van der Waals surface area contributed by atoms with E-state index in [1.165, 1.54) is 0 Å². The maximum Gasteiger partial charge on any atom is 0.339 e. The Morgan fingerprint density at radius 3 is 2.79 bits per heavy atom. The molecule has 2 aliphatic rings. The first-order chi connectivity index (χ1) is 11.6. The van der Waals surface area contributed by atoms with Crippen molar-refractivity contribution in [3.05, 3.63) is 57.8 Å². The standard InChI is InChI=1S/C19H19NO3S/c1-19(11-13-5-2-3-7-16(13)17(21)23-19)18(22)20(14-8-9-14)12-15-6-4-10-24-15/h2-7,10,14H,8-9,11-12H2,1H3. The van der Waals surface area contributed by atoms with Gasteiger partial charge in [-0.25, -0.2) is 4.79 Å². The lowest BCUT2D eigenvalue weighted by atomic mass is 9.89. The van der Waals surface area contributed by atoms with Crippen LogP contribution in [0.1, 0.15) is 40.6 Å². The number of cyclic esters (lactones) is 1. The Kier molecular flexibility index (Phi) is 3.68. The van der Waals surface area contributed by atoms with Gasteiger partial charge < -0.3 is 9.64 Å². The predicted octanol–water partition coefficient (Wildman–Crippen LogP) is 3.41. The maximum absolute atomic E-state index is 13.2. The number of thiophene rings is 1. The minimum Gasteiger partial charge on any atom is -0.445 e. The van der Waals surface area contributed by atoms with Crippen LogP contribution in [0.15, 0.2) is 41.8 Å². The van der Waals surface area contributed by atoms with Gasteiger partial charge in [0.2, 0.25) is 0 Å². The van der Waals surface area contributed by atoms with E-state index in [4.69, 9.17) is 4.74 Å². The van der Waals surface area contributed by atoms with Gasteiger partial charge in [0.1, 0.15) is 0 Å². The highest BCUT2D eigenvalue weighted by atomic mass is 32.1. The molecule has 1 atom stereocenters. The van der Waals surface area contributed by atoms with Crippen LogP contribution < -0.4 is 0 Å². The third-order valence-electron chi connectivity index (χ3n) is 4.69. The molecule has 0 N–H and O–H groups in total. The largest absolute Gasteiger partial charge is 0.445 e. The molecule has 1 aliphatic carbocycles. The number of benzene rings is 1. The predicted molar refractivity (Wildman–Crippen MR) is 91.9 cm³/mol. The highest BCUT2D eigenvalue weighted by Gasteiger charge is 2.47. The quantitative estimate of drug-likeness (QED) is 0.801. The van der Waals surface area contributed by atoms with Crippen molar-refractivity contribution in [3.63, 3.8) is 0 Å². The summed E-state index contributed by atoms with van der Waals surface area (Å²) in [4.78, 5) is 28.6. The van der Waals surface area contributed by atoms with E-state index >= 15 is 0 Å².